The zero-order chi connectivity index (χ0) is 24.9. The number of methoxy groups -OCH3 is 1. The third-order valence-electron chi connectivity index (χ3n) is 6.33. The Morgan fingerprint density at radius 1 is 1.26 bits per heavy atom. The summed E-state index contributed by atoms with van der Waals surface area (Å²) in [6.07, 6.45) is -1.37. The van der Waals surface area contributed by atoms with Crippen molar-refractivity contribution >= 4 is 17.2 Å². The number of rotatable bonds is 6. The van der Waals surface area contributed by atoms with Gasteiger partial charge in [-0.1, -0.05) is 0 Å². The SMILES string of the molecule is COc1ncc(-c2cc(C(F)(F)F)c3c(N)ncnn23)cc1C(=O)NC1CN(CC2CC2)CC1F. The Hall–Kier alpha value is -3.48. The number of pyridine rings is 1. The van der Waals surface area contributed by atoms with Crippen molar-refractivity contribution in [1.82, 2.24) is 29.8 Å². The van der Waals surface area contributed by atoms with Crippen molar-refractivity contribution in [2.75, 3.05) is 32.5 Å². The van der Waals surface area contributed by atoms with Crippen molar-refractivity contribution in [3.63, 3.8) is 0 Å². The monoisotopic (exact) mass is 493 g/mol. The number of halogens is 4. The first-order valence-corrected chi connectivity index (χ1v) is 11.1. The largest absolute Gasteiger partial charge is 0.480 e. The van der Waals surface area contributed by atoms with Gasteiger partial charge in [-0.3, -0.25) is 9.69 Å². The molecule has 2 atom stereocenters. The van der Waals surface area contributed by atoms with Crippen LogP contribution in [0.15, 0.2) is 24.7 Å². The van der Waals surface area contributed by atoms with E-state index in [1.165, 1.54) is 19.4 Å². The van der Waals surface area contributed by atoms with Crippen LogP contribution in [-0.2, 0) is 6.18 Å². The summed E-state index contributed by atoms with van der Waals surface area (Å²) >= 11 is 0. The third-order valence-corrected chi connectivity index (χ3v) is 6.33. The number of nitrogens with zero attached hydrogens (tertiary/aromatic N) is 5. The zero-order valence-electron chi connectivity index (χ0n) is 18.7. The highest BCUT2D eigenvalue weighted by molar-refractivity contribution is 5.98. The number of carbonyl (C=O) groups is 1. The Kier molecular flexibility index (Phi) is 5.74. The van der Waals surface area contributed by atoms with E-state index in [1.54, 1.807) is 0 Å². The standard InChI is InChI=1S/C22H23F4N7O2/c1-35-21-13(20(34)31-16-9-32(8-15(16)23)7-11-2-3-11)4-12(6-28-21)17-5-14(22(24,25)26)18-19(27)29-10-30-33(17)18/h4-6,10-11,15-16H,2-3,7-9H2,1H3,(H,31,34)(H2,27,29,30). The predicted molar refractivity (Wildman–Crippen MR) is 117 cm³/mol. The van der Waals surface area contributed by atoms with Crippen LogP contribution in [0.5, 0.6) is 5.88 Å². The van der Waals surface area contributed by atoms with Crippen molar-refractivity contribution in [3.05, 3.63) is 35.8 Å². The zero-order valence-corrected chi connectivity index (χ0v) is 18.7. The molecule has 3 aromatic rings. The second-order valence-corrected chi connectivity index (χ2v) is 8.89. The molecule has 186 valence electrons. The first-order chi connectivity index (χ1) is 16.7. The maximum Gasteiger partial charge on any atom is 0.418 e. The lowest BCUT2D eigenvalue weighted by Gasteiger charge is -2.17. The Morgan fingerprint density at radius 3 is 2.71 bits per heavy atom. The van der Waals surface area contributed by atoms with Gasteiger partial charge in [0.2, 0.25) is 5.88 Å². The van der Waals surface area contributed by atoms with Crippen LogP contribution >= 0.6 is 0 Å². The second kappa shape index (κ2) is 8.63. The third kappa shape index (κ3) is 4.47. The summed E-state index contributed by atoms with van der Waals surface area (Å²) in [5.41, 5.74) is 4.42. The molecule has 13 heteroatoms. The van der Waals surface area contributed by atoms with Gasteiger partial charge < -0.3 is 15.8 Å². The molecule has 1 saturated carbocycles. The molecule has 3 N–H and O–H groups in total. The van der Waals surface area contributed by atoms with Crippen molar-refractivity contribution in [2.24, 2.45) is 5.92 Å². The molecule has 2 aliphatic rings. The van der Waals surface area contributed by atoms with Crippen molar-refractivity contribution in [1.29, 1.82) is 0 Å². The lowest BCUT2D eigenvalue weighted by Crippen LogP contribution is -2.41. The van der Waals surface area contributed by atoms with Crippen LogP contribution < -0.4 is 15.8 Å². The van der Waals surface area contributed by atoms with Crippen LogP contribution in [0.3, 0.4) is 0 Å². The smallest absolute Gasteiger partial charge is 0.418 e. The second-order valence-electron chi connectivity index (χ2n) is 8.89. The maximum absolute atomic E-state index is 14.6. The number of aromatic nitrogens is 4. The van der Waals surface area contributed by atoms with Crippen LogP contribution in [0.2, 0.25) is 0 Å². The molecule has 1 aliphatic heterocycles. The first kappa shape index (κ1) is 23.3. The highest BCUT2D eigenvalue weighted by Gasteiger charge is 2.38. The Labute approximate surface area is 197 Å². The average molecular weight is 493 g/mol. The van der Waals surface area contributed by atoms with Gasteiger partial charge >= 0.3 is 6.18 Å². The summed E-state index contributed by atoms with van der Waals surface area (Å²) in [6, 6.07) is 1.50. The Balaban J connectivity index is 1.47. The number of hydrogen-bond acceptors (Lipinski definition) is 7. The maximum atomic E-state index is 14.6. The van der Waals surface area contributed by atoms with Gasteiger partial charge in [0, 0.05) is 31.4 Å². The average Bonchev–Trinajstić information content (AvgIpc) is 3.42. The van der Waals surface area contributed by atoms with Crippen molar-refractivity contribution in [3.8, 4) is 17.1 Å². The highest BCUT2D eigenvalue weighted by Crippen LogP contribution is 2.39. The number of amides is 1. The molecule has 0 bridgehead atoms. The molecule has 1 saturated heterocycles. The highest BCUT2D eigenvalue weighted by atomic mass is 19.4. The minimum Gasteiger partial charge on any atom is -0.480 e. The summed E-state index contributed by atoms with van der Waals surface area (Å²) in [5, 5.41) is 6.60. The van der Waals surface area contributed by atoms with Gasteiger partial charge in [-0.25, -0.2) is 18.9 Å². The Morgan fingerprint density at radius 2 is 2.03 bits per heavy atom. The number of fused-ring (bicyclic) bond motifs is 1. The van der Waals surface area contributed by atoms with Crippen LogP contribution in [0.4, 0.5) is 23.4 Å². The molecule has 5 rings (SSSR count). The minimum absolute atomic E-state index is 0.00507. The predicted octanol–water partition coefficient (Wildman–Crippen LogP) is 2.56. The summed E-state index contributed by atoms with van der Waals surface area (Å²) in [5.74, 6) is -0.429. The fourth-order valence-electron chi connectivity index (χ4n) is 4.45. The first-order valence-electron chi connectivity index (χ1n) is 11.1. The summed E-state index contributed by atoms with van der Waals surface area (Å²) < 4.78 is 61.8. The molecule has 35 heavy (non-hydrogen) atoms. The van der Waals surface area contributed by atoms with Gasteiger partial charge in [-0.15, -0.1) is 0 Å². The van der Waals surface area contributed by atoms with E-state index < -0.39 is 35.4 Å². The topological polar surface area (TPSA) is 111 Å². The molecule has 0 aromatic carbocycles. The normalized spacial score (nSPS) is 20.9. The van der Waals surface area contributed by atoms with Gasteiger partial charge in [0.05, 0.1) is 24.4 Å². The van der Waals surface area contributed by atoms with Gasteiger partial charge in [0.25, 0.3) is 5.91 Å². The number of anilines is 1. The molecule has 1 aliphatic carbocycles. The number of ether oxygens (including phenoxy) is 1. The van der Waals surface area contributed by atoms with Crippen LogP contribution in [0.1, 0.15) is 28.8 Å². The van der Waals surface area contributed by atoms with E-state index in [2.05, 4.69) is 20.4 Å². The van der Waals surface area contributed by atoms with Crippen LogP contribution in [0.25, 0.3) is 16.8 Å². The number of alkyl halides is 4. The number of likely N-dealkylation sites (tertiary alicyclic amines) is 1. The molecule has 2 unspecified atom stereocenters. The minimum atomic E-state index is -4.71. The molecule has 2 fully saturated rings. The quantitative estimate of drug-likeness (QED) is 0.508. The number of nitrogens with two attached hydrogens (primary N) is 1. The van der Waals surface area contributed by atoms with E-state index in [1.807, 2.05) is 4.90 Å². The lowest BCUT2D eigenvalue weighted by atomic mass is 10.1. The molecular weight excluding hydrogens is 470 g/mol. The molecular formula is C22H23F4N7O2. The fraction of sp³-hybridized carbons (Fsp3) is 0.455. The fourth-order valence-corrected chi connectivity index (χ4v) is 4.45. The van der Waals surface area contributed by atoms with Crippen molar-refractivity contribution in [2.45, 2.75) is 31.2 Å². The number of hydrogen-bond donors (Lipinski definition) is 2. The lowest BCUT2D eigenvalue weighted by molar-refractivity contribution is -0.136. The number of carbonyl (C=O) groups excluding carboxylic acids is 1. The number of nitrogens with one attached hydrogen (secondary N) is 1. The van der Waals surface area contributed by atoms with E-state index in [0.29, 0.717) is 12.5 Å². The molecule has 3 aromatic heterocycles. The van der Waals surface area contributed by atoms with E-state index in [4.69, 9.17) is 10.5 Å². The molecule has 4 heterocycles. The number of nitrogen functional groups attached to an aromatic ring is 1. The van der Waals surface area contributed by atoms with Gasteiger partial charge in [0.1, 0.15) is 23.6 Å². The van der Waals surface area contributed by atoms with Gasteiger partial charge in [-0.2, -0.15) is 18.3 Å². The van der Waals surface area contributed by atoms with Gasteiger partial charge in [0.15, 0.2) is 5.82 Å². The molecule has 9 nitrogen and oxygen atoms in total. The van der Waals surface area contributed by atoms with Crippen LogP contribution in [-0.4, -0.2) is 69.3 Å². The molecule has 0 radical (unpaired) electrons. The Bertz CT molecular complexity index is 1270. The van der Waals surface area contributed by atoms with Gasteiger partial charge in [-0.05, 0) is 30.9 Å². The van der Waals surface area contributed by atoms with Crippen molar-refractivity contribution < 1.29 is 27.1 Å². The van der Waals surface area contributed by atoms with E-state index in [-0.39, 0.29) is 35.1 Å². The molecule has 0 spiro atoms. The van der Waals surface area contributed by atoms with Crippen LogP contribution in [0, 0.1) is 5.92 Å². The summed E-state index contributed by atoms with van der Waals surface area (Å²) in [4.78, 5) is 22.8. The van der Waals surface area contributed by atoms with E-state index >= 15 is 0 Å². The molecule has 1 amide bonds. The van der Waals surface area contributed by atoms with E-state index in [0.717, 1.165) is 36.3 Å². The summed E-state index contributed by atoms with van der Waals surface area (Å²) in [7, 11) is 1.31. The summed E-state index contributed by atoms with van der Waals surface area (Å²) in [6.45, 7) is 1.43. The van der Waals surface area contributed by atoms with E-state index in [9.17, 15) is 22.4 Å².